The Morgan fingerprint density at radius 2 is 1.96 bits per heavy atom. The van der Waals surface area contributed by atoms with Gasteiger partial charge in [0.25, 0.3) is 5.56 Å². The molecule has 4 rings (SSSR count). The largest absolute Gasteiger partial charge is 0.341 e. The summed E-state index contributed by atoms with van der Waals surface area (Å²) < 4.78 is 3.21. The number of piperidine rings is 1. The lowest BCUT2D eigenvalue weighted by Crippen LogP contribution is -2.41. The van der Waals surface area contributed by atoms with Crippen LogP contribution < -0.4 is 5.56 Å². The molecule has 0 bridgehead atoms. The second-order valence-corrected chi connectivity index (χ2v) is 6.76. The van der Waals surface area contributed by atoms with Crippen LogP contribution in [0.3, 0.4) is 0 Å². The van der Waals surface area contributed by atoms with Crippen LogP contribution in [0, 0.1) is 0 Å². The van der Waals surface area contributed by atoms with Crippen molar-refractivity contribution >= 4 is 16.8 Å². The number of rotatable bonds is 3. The first-order valence-corrected chi connectivity index (χ1v) is 8.83. The molecule has 0 N–H and O–H groups in total. The Morgan fingerprint density at radius 1 is 1.19 bits per heavy atom. The van der Waals surface area contributed by atoms with Crippen molar-refractivity contribution in [2.75, 3.05) is 13.1 Å². The summed E-state index contributed by atoms with van der Waals surface area (Å²) in [6.45, 7) is 1.41. The number of fused-ring (bicyclic) bond motifs is 1. The van der Waals surface area contributed by atoms with Crippen molar-refractivity contribution in [2.45, 2.75) is 25.3 Å². The summed E-state index contributed by atoms with van der Waals surface area (Å²) in [5, 5.41) is 5.01. The van der Waals surface area contributed by atoms with Crippen LogP contribution in [-0.4, -0.2) is 43.2 Å². The van der Waals surface area contributed by atoms with Crippen LogP contribution in [-0.2, 0) is 18.4 Å². The molecule has 0 radical (unpaired) electrons. The van der Waals surface area contributed by atoms with E-state index in [2.05, 4.69) is 10.1 Å². The highest BCUT2D eigenvalue weighted by atomic mass is 16.2. The van der Waals surface area contributed by atoms with Crippen LogP contribution in [0.5, 0.6) is 0 Å². The molecule has 134 valence electrons. The SMILES string of the molecule is Cn1ccc(C2CCN(C(=O)Cn3cnc4ccccc4c3=O)CC2)n1. The number of nitrogens with zero attached hydrogens (tertiary/aromatic N) is 5. The first-order valence-electron chi connectivity index (χ1n) is 8.83. The maximum atomic E-state index is 12.6. The van der Waals surface area contributed by atoms with Gasteiger partial charge in [0.2, 0.25) is 5.91 Å². The van der Waals surface area contributed by atoms with Crippen molar-refractivity contribution in [3.05, 3.63) is 58.9 Å². The molecule has 7 nitrogen and oxygen atoms in total. The third-order valence-corrected chi connectivity index (χ3v) is 5.04. The first kappa shape index (κ1) is 16.5. The summed E-state index contributed by atoms with van der Waals surface area (Å²) in [7, 11) is 1.91. The number of carbonyl (C=O) groups excluding carboxylic acids is 1. The molecule has 2 aromatic heterocycles. The maximum absolute atomic E-state index is 12.6. The number of benzene rings is 1. The van der Waals surface area contributed by atoms with Crippen LogP contribution >= 0.6 is 0 Å². The number of aromatic nitrogens is 4. The Balaban J connectivity index is 1.43. The Hall–Kier alpha value is -2.96. The molecule has 0 unspecified atom stereocenters. The van der Waals surface area contributed by atoms with E-state index in [0.29, 0.717) is 29.9 Å². The quantitative estimate of drug-likeness (QED) is 0.717. The third-order valence-electron chi connectivity index (χ3n) is 5.04. The average Bonchev–Trinajstić information content (AvgIpc) is 3.11. The minimum Gasteiger partial charge on any atom is -0.341 e. The van der Waals surface area contributed by atoms with Gasteiger partial charge in [0.05, 0.1) is 22.9 Å². The van der Waals surface area contributed by atoms with Crippen LogP contribution in [0.15, 0.2) is 47.7 Å². The van der Waals surface area contributed by atoms with Crippen LogP contribution in [0.25, 0.3) is 10.9 Å². The molecule has 1 aliphatic rings. The molecule has 0 saturated carbocycles. The van der Waals surface area contributed by atoms with Crippen molar-refractivity contribution in [3.8, 4) is 0 Å². The maximum Gasteiger partial charge on any atom is 0.261 e. The number of aryl methyl sites for hydroxylation is 1. The van der Waals surface area contributed by atoms with Gasteiger partial charge in [-0.3, -0.25) is 18.8 Å². The molecule has 1 fully saturated rings. The van der Waals surface area contributed by atoms with Gasteiger partial charge in [0.1, 0.15) is 6.54 Å². The van der Waals surface area contributed by atoms with E-state index >= 15 is 0 Å². The van der Waals surface area contributed by atoms with Gasteiger partial charge in [0, 0.05) is 32.3 Å². The molecule has 3 heterocycles. The van der Waals surface area contributed by atoms with Crippen molar-refractivity contribution in [1.29, 1.82) is 0 Å². The molecule has 0 aliphatic carbocycles. The fraction of sp³-hybridized carbons (Fsp3) is 0.368. The standard InChI is InChI=1S/C19H21N5O2/c1-22-9-8-16(21-22)14-6-10-23(11-7-14)18(25)12-24-13-20-17-5-3-2-4-15(17)19(24)26/h2-5,8-9,13-14H,6-7,10-12H2,1H3. The Kier molecular flexibility index (Phi) is 4.28. The van der Waals surface area contributed by atoms with Gasteiger partial charge in [-0.05, 0) is 31.0 Å². The minimum atomic E-state index is -0.174. The summed E-state index contributed by atoms with van der Waals surface area (Å²) >= 11 is 0. The van der Waals surface area contributed by atoms with E-state index in [1.165, 1.54) is 10.9 Å². The van der Waals surface area contributed by atoms with Crippen LogP contribution in [0.1, 0.15) is 24.5 Å². The van der Waals surface area contributed by atoms with Crippen molar-refractivity contribution < 1.29 is 4.79 Å². The molecular weight excluding hydrogens is 330 g/mol. The number of amides is 1. The smallest absolute Gasteiger partial charge is 0.261 e. The highest BCUT2D eigenvalue weighted by Gasteiger charge is 2.25. The minimum absolute atomic E-state index is 0.0327. The lowest BCUT2D eigenvalue weighted by Gasteiger charge is -2.31. The molecule has 1 aromatic carbocycles. The Morgan fingerprint density at radius 3 is 2.69 bits per heavy atom. The first-order chi connectivity index (χ1) is 12.6. The normalized spacial score (nSPS) is 15.5. The van der Waals surface area contributed by atoms with E-state index in [-0.39, 0.29) is 18.0 Å². The van der Waals surface area contributed by atoms with Gasteiger partial charge < -0.3 is 4.90 Å². The Labute approximate surface area is 150 Å². The lowest BCUT2D eigenvalue weighted by atomic mass is 9.94. The molecule has 1 aliphatic heterocycles. The van der Waals surface area contributed by atoms with E-state index in [9.17, 15) is 9.59 Å². The van der Waals surface area contributed by atoms with E-state index in [0.717, 1.165) is 18.5 Å². The van der Waals surface area contributed by atoms with Crippen molar-refractivity contribution in [3.63, 3.8) is 0 Å². The number of likely N-dealkylation sites (tertiary alicyclic amines) is 1. The van der Waals surface area contributed by atoms with Gasteiger partial charge in [-0.2, -0.15) is 5.10 Å². The zero-order chi connectivity index (χ0) is 18.1. The number of hydrogen-bond donors (Lipinski definition) is 0. The number of hydrogen-bond acceptors (Lipinski definition) is 4. The van der Waals surface area contributed by atoms with Gasteiger partial charge in [-0.15, -0.1) is 0 Å². The van der Waals surface area contributed by atoms with Crippen molar-refractivity contribution in [1.82, 2.24) is 24.2 Å². The molecule has 0 atom stereocenters. The fourth-order valence-corrected chi connectivity index (χ4v) is 3.54. The highest BCUT2D eigenvalue weighted by molar-refractivity contribution is 5.79. The molecule has 26 heavy (non-hydrogen) atoms. The highest BCUT2D eigenvalue weighted by Crippen LogP contribution is 2.26. The lowest BCUT2D eigenvalue weighted by molar-refractivity contribution is -0.133. The predicted octanol–water partition coefficient (Wildman–Crippen LogP) is 1.54. The zero-order valence-electron chi connectivity index (χ0n) is 14.7. The van der Waals surface area contributed by atoms with Crippen LogP contribution in [0.2, 0.25) is 0 Å². The molecule has 3 aromatic rings. The van der Waals surface area contributed by atoms with E-state index < -0.39 is 0 Å². The summed E-state index contributed by atoms with van der Waals surface area (Å²) in [6.07, 6.45) is 5.20. The summed E-state index contributed by atoms with van der Waals surface area (Å²) in [6, 6.07) is 9.23. The second kappa shape index (κ2) is 6.74. The predicted molar refractivity (Wildman–Crippen MR) is 97.8 cm³/mol. The number of para-hydroxylation sites is 1. The summed E-state index contributed by atoms with van der Waals surface area (Å²) in [5.74, 6) is 0.356. The average molecular weight is 351 g/mol. The van der Waals surface area contributed by atoms with Gasteiger partial charge >= 0.3 is 0 Å². The molecular formula is C19H21N5O2. The zero-order valence-corrected chi connectivity index (χ0v) is 14.7. The van der Waals surface area contributed by atoms with Crippen molar-refractivity contribution in [2.24, 2.45) is 7.05 Å². The van der Waals surface area contributed by atoms with E-state index in [1.54, 1.807) is 18.2 Å². The fourth-order valence-electron chi connectivity index (χ4n) is 3.54. The molecule has 1 amide bonds. The molecule has 1 saturated heterocycles. The van der Waals surface area contributed by atoms with E-state index in [4.69, 9.17) is 0 Å². The summed E-state index contributed by atoms with van der Waals surface area (Å²) in [4.78, 5) is 31.3. The third kappa shape index (κ3) is 3.12. The van der Waals surface area contributed by atoms with Crippen LogP contribution in [0.4, 0.5) is 0 Å². The Bertz CT molecular complexity index is 998. The van der Waals surface area contributed by atoms with E-state index in [1.807, 2.05) is 35.0 Å². The monoisotopic (exact) mass is 351 g/mol. The number of carbonyl (C=O) groups is 1. The second-order valence-electron chi connectivity index (χ2n) is 6.76. The topological polar surface area (TPSA) is 73.0 Å². The van der Waals surface area contributed by atoms with Gasteiger partial charge in [-0.1, -0.05) is 12.1 Å². The molecule has 0 spiro atoms. The van der Waals surface area contributed by atoms with Gasteiger partial charge in [0.15, 0.2) is 0 Å². The van der Waals surface area contributed by atoms with Gasteiger partial charge in [-0.25, -0.2) is 4.98 Å². The summed E-state index contributed by atoms with van der Waals surface area (Å²) in [5.41, 5.74) is 1.57. The molecule has 7 heteroatoms.